The van der Waals surface area contributed by atoms with Crippen LogP contribution in [0.15, 0.2) is 41.3 Å². The van der Waals surface area contributed by atoms with Crippen LogP contribution in [0.5, 0.6) is 0 Å². The molecule has 0 aliphatic heterocycles. The summed E-state index contributed by atoms with van der Waals surface area (Å²) >= 11 is 11.4. The highest BCUT2D eigenvalue weighted by molar-refractivity contribution is 6.41. The van der Waals surface area contributed by atoms with E-state index in [9.17, 15) is 4.79 Å². The molecule has 2 rings (SSSR count). The Morgan fingerprint density at radius 1 is 1.22 bits per heavy atom. The van der Waals surface area contributed by atoms with E-state index in [1.165, 1.54) is 10.9 Å². The van der Waals surface area contributed by atoms with Crippen molar-refractivity contribution < 1.29 is 0 Å². The highest BCUT2D eigenvalue weighted by Gasteiger charge is 2.05. The molecule has 3 nitrogen and oxygen atoms in total. The number of nitrogens with zero attached hydrogens (tertiary/aromatic N) is 2. The Morgan fingerprint density at radius 2 is 1.94 bits per heavy atom. The largest absolute Gasteiger partial charge is 0.287 e. The lowest BCUT2D eigenvalue weighted by molar-refractivity contribution is 0.663. The van der Waals surface area contributed by atoms with Crippen molar-refractivity contribution in [3.05, 3.63) is 62.5 Å². The fraction of sp³-hybridized carbons (Fsp3) is 0.0769. The predicted octanol–water partition coefficient (Wildman–Crippen LogP) is 2.60. The Bertz CT molecular complexity index is 669. The third kappa shape index (κ3) is 2.92. The summed E-state index contributed by atoms with van der Waals surface area (Å²) in [6.45, 7) is 0.171. The maximum Gasteiger partial charge on any atom is 0.287 e. The van der Waals surface area contributed by atoms with Crippen LogP contribution < -0.4 is 5.56 Å². The molecule has 18 heavy (non-hydrogen) atoms. The second-order valence-electron chi connectivity index (χ2n) is 3.44. The van der Waals surface area contributed by atoms with Gasteiger partial charge in [-0.1, -0.05) is 53.2 Å². The van der Waals surface area contributed by atoms with E-state index in [-0.39, 0.29) is 16.6 Å². The van der Waals surface area contributed by atoms with Crippen LogP contribution in [0, 0.1) is 11.8 Å². The molecular formula is C13H8Cl2N2O. The van der Waals surface area contributed by atoms with Gasteiger partial charge in [0.05, 0.1) is 11.2 Å². The Balaban J connectivity index is 2.20. The van der Waals surface area contributed by atoms with Crippen molar-refractivity contribution in [2.75, 3.05) is 0 Å². The summed E-state index contributed by atoms with van der Waals surface area (Å²) in [5.41, 5.74) is 0.442. The standard InChI is InChI=1S/C13H8Cl2N2O/c14-11-9-16-17(13(18)12(11)15)8-4-7-10-5-2-1-3-6-10/h1-3,5-6,9H,8H2. The fourth-order valence-electron chi connectivity index (χ4n) is 1.30. The Morgan fingerprint density at radius 3 is 2.67 bits per heavy atom. The number of hydrogen-bond donors (Lipinski definition) is 0. The molecule has 0 saturated heterocycles. The van der Waals surface area contributed by atoms with Gasteiger partial charge in [0.15, 0.2) is 0 Å². The summed E-state index contributed by atoms with van der Waals surface area (Å²) in [7, 11) is 0. The summed E-state index contributed by atoms with van der Waals surface area (Å²) in [4.78, 5) is 11.6. The lowest BCUT2D eigenvalue weighted by Crippen LogP contribution is -2.22. The molecule has 2 aromatic rings. The zero-order valence-corrected chi connectivity index (χ0v) is 10.7. The Hall–Kier alpha value is -1.76. The van der Waals surface area contributed by atoms with Gasteiger partial charge in [0.1, 0.15) is 11.6 Å². The zero-order valence-electron chi connectivity index (χ0n) is 9.23. The van der Waals surface area contributed by atoms with Crippen LogP contribution in [0.3, 0.4) is 0 Å². The monoisotopic (exact) mass is 278 g/mol. The molecule has 0 atom stereocenters. The minimum atomic E-state index is -0.438. The highest BCUT2D eigenvalue weighted by Crippen LogP contribution is 2.14. The minimum Gasteiger partial charge on any atom is -0.266 e. The molecule has 1 aromatic heterocycles. The van der Waals surface area contributed by atoms with E-state index in [4.69, 9.17) is 23.2 Å². The molecule has 90 valence electrons. The van der Waals surface area contributed by atoms with Gasteiger partial charge in [-0.3, -0.25) is 4.79 Å². The molecule has 0 amide bonds. The second kappa shape index (κ2) is 5.72. The number of aromatic nitrogens is 2. The van der Waals surface area contributed by atoms with Crippen LogP contribution in [-0.4, -0.2) is 9.78 Å². The topological polar surface area (TPSA) is 34.9 Å². The molecule has 0 bridgehead atoms. The van der Waals surface area contributed by atoms with Crippen LogP contribution in [-0.2, 0) is 6.54 Å². The first-order chi connectivity index (χ1) is 8.68. The van der Waals surface area contributed by atoms with Gasteiger partial charge < -0.3 is 0 Å². The van der Waals surface area contributed by atoms with Crippen molar-refractivity contribution in [2.45, 2.75) is 6.54 Å². The number of rotatable bonds is 1. The highest BCUT2D eigenvalue weighted by atomic mass is 35.5. The average Bonchev–Trinajstić information content (AvgIpc) is 2.40. The summed E-state index contributed by atoms with van der Waals surface area (Å²) in [5, 5.41) is 3.97. The third-order valence-electron chi connectivity index (χ3n) is 2.18. The molecule has 0 fully saturated rings. The second-order valence-corrected chi connectivity index (χ2v) is 4.22. The molecule has 0 spiro atoms. The van der Waals surface area contributed by atoms with Gasteiger partial charge in [0, 0.05) is 5.56 Å². The van der Waals surface area contributed by atoms with Gasteiger partial charge in [-0.25, -0.2) is 4.68 Å². The van der Waals surface area contributed by atoms with Crippen LogP contribution in [0.4, 0.5) is 0 Å². The van der Waals surface area contributed by atoms with Crippen molar-refractivity contribution in [3.63, 3.8) is 0 Å². The summed E-state index contributed by atoms with van der Waals surface area (Å²) < 4.78 is 1.17. The zero-order chi connectivity index (χ0) is 13.0. The maximum absolute atomic E-state index is 11.6. The molecule has 0 aliphatic carbocycles. The van der Waals surface area contributed by atoms with Gasteiger partial charge >= 0.3 is 0 Å². The molecule has 1 heterocycles. The van der Waals surface area contributed by atoms with Gasteiger partial charge in [-0.05, 0) is 12.1 Å². The number of halogens is 2. The molecule has 0 saturated carbocycles. The smallest absolute Gasteiger partial charge is 0.266 e. The first-order valence-electron chi connectivity index (χ1n) is 5.13. The molecule has 1 aromatic carbocycles. The minimum absolute atomic E-state index is 0.0341. The van der Waals surface area contributed by atoms with Crippen molar-refractivity contribution >= 4 is 23.2 Å². The first kappa shape index (κ1) is 12.7. The van der Waals surface area contributed by atoms with E-state index in [0.717, 1.165) is 5.56 Å². The van der Waals surface area contributed by atoms with Gasteiger partial charge in [-0.15, -0.1) is 0 Å². The predicted molar refractivity (Wildman–Crippen MR) is 71.8 cm³/mol. The first-order valence-corrected chi connectivity index (χ1v) is 5.89. The van der Waals surface area contributed by atoms with E-state index in [1.807, 2.05) is 30.3 Å². The van der Waals surface area contributed by atoms with E-state index >= 15 is 0 Å². The lowest BCUT2D eigenvalue weighted by atomic mass is 10.2. The molecule has 0 N–H and O–H groups in total. The van der Waals surface area contributed by atoms with Gasteiger partial charge in [0.2, 0.25) is 0 Å². The quantitative estimate of drug-likeness (QED) is 0.752. The maximum atomic E-state index is 11.6. The average molecular weight is 279 g/mol. The van der Waals surface area contributed by atoms with E-state index in [0.29, 0.717) is 0 Å². The molecule has 0 radical (unpaired) electrons. The number of benzene rings is 1. The van der Waals surface area contributed by atoms with E-state index < -0.39 is 5.56 Å². The SMILES string of the molecule is O=c1c(Cl)c(Cl)cnn1CC#Cc1ccccc1. The summed E-state index contributed by atoms with van der Waals surface area (Å²) in [5.74, 6) is 5.78. The van der Waals surface area contributed by atoms with Gasteiger partial charge in [-0.2, -0.15) is 5.10 Å². The van der Waals surface area contributed by atoms with E-state index in [2.05, 4.69) is 16.9 Å². The Labute approximate surface area is 114 Å². The molecular weight excluding hydrogens is 271 g/mol. The van der Waals surface area contributed by atoms with E-state index in [1.54, 1.807) is 0 Å². The van der Waals surface area contributed by atoms with Crippen molar-refractivity contribution in [3.8, 4) is 11.8 Å². The normalized spacial score (nSPS) is 9.67. The molecule has 0 unspecified atom stereocenters. The van der Waals surface area contributed by atoms with Crippen molar-refractivity contribution in [1.82, 2.24) is 9.78 Å². The Kier molecular flexibility index (Phi) is 4.03. The molecule has 0 aliphatic rings. The van der Waals surface area contributed by atoms with Crippen molar-refractivity contribution in [1.29, 1.82) is 0 Å². The summed E-state index contributed by atoms with van der Waals surface area (Å²) in [6.07, 6.45) is 1.33. The van der Waals surface area contributed by atoms with Crippen LogP contribution >= 0.6 is 23.2 Å². The van der Waals surface area contributed by atoms with Crippen LogP contribution in [0.2, 0.25) is 10.0 Å². The molecule has 5 heteroatoms. The van der Waals surface area contributed by atoms with Crippen molar-refractivity contribution in [2.24, 2.45) is 0 Å². The third-order valence-corrected chi connectivity index (χ3v) is 2.93. The van der Waals surface area contributed by atoms with Crippen LogP contribution in [0.25, 0.3) is 0 Å². The fourth-order valence-corrected chi connectivity index (χ4v) is 1.57. The van der Waals surface area contributed by atoms with Crippen LogP contribution in [0.1, 0.15) is 5.56 Å². The van der Waals surface area contributed by atoms with Gasteiger partial charge in [0.25, 0.3) is 5.56 Å². The number of hydrogen-bond acceptors (Lipinski definition) is 2. The summed E-state index contributed by atoms with van der Waals surface area (Å²) in [6, 6.07) is 9.48. The lowest BCUT2D eigenvalue weighted by Gasteiger charge is -2.00.